The van der Waals surface area contributed by atoms with Crippen LogP contribution in [0, 0.1) is 6.92 Å². The van der Waals surface area contributed by atoms with Crippen molar-refractivity contribution in [3.8, 4) is 0 Å². The number of hydrogen-bond donors (Lipinski definition) is 1. The topological polar surface area (TPSA) is 80.7 Å². The number of rotatable bonds is 5. The molecule has 1 N–H and O–H groups in total. The van der Waals surface area contributed by atoms with Crippen molar-refractivity contribution in [2.45, 2.75) is 30.8 Å². The van der Waals surface area contributed by atoms with Gasteiger partial charge in [0, 0.05) is 0 Å². The van der Waals surface area contributed by atoms with Crippen molar-refractivity contribution in [1.82, 2.24) is 0 Å². The third kappa shape index (κ3) is 4.23. The SMILES string of the molecule is [B]Cc1ccc(C(=O)OC(C(F)(F)F)C(F)(F)S(=O)(=O)O)cc1C. The van der Waals surface area contributed by atoms with Crippen LogP contribution in [0.5, 0.6) is 0 Å². The molecule has 0 aliphatic carbocycles. The molecule has 1 atom stereocenters. The number of ether oxygens (including phenoxy) is 1. The number of halogens is 5. The first-order valence-corrected chi connectivity index (χ1v) is 7.58. The number of esters is 1. The van der Waals surface area contributed by atoms with E-state index in [2.05, 4.69) is 4.74 Å². The lowest BCUT2D eigenvalue weighted by Gasteiger charge is -2.26. The molecule has 1 aromatic carbocycles. The van der Waals surface area contributed by atoms with E-state index >= 15 is 0 Å². The summed E-state index contributed by atoms with van der Waals surface area (Å²) in [6, 6.07) is 3.30. The van der Waals surface area contributed by atoms with E-state index in [9.17, 15) is 35.2 Å². The van der Waals surface area contributed by atoms with Crippen molar-refractivity contribution >= 4 is 23.9 Å². The lowest BCUT2D eigenvalue weighted by molar-refractivity contribution is -0.248. The van der Waals surface area contributed by atoms with E-state index in [1.54, 1.807) is 0 Å². The van der Waals surface area contributed by atoms with Crippen molar-refractivity contribution in [3.05, 3.63) is 34.9 Å². The normalized spacial score (nSPS) is 14.3. The largest absolute Gasteiger partial charge is 0.441 e. The molecule has 0 spiro atoms. The number of benzene rings is 1. The van der Waals surface area contributed by atoms with Gasteiger partial charge in [-0.2, -0.15) is 30.4 Å². The molecule has 0 saturated heterocycles. The fourth-order valence-electron chi connectivity index (χ4n) is 1.69. The zero-order chi connectivity index (χ0) is 18.9. The average molecular weight is 372 g/mol. The van der Waals surface area contributed by atoms with Gasteiger partial charge in [0.2, 0.25) is 0 Å². The lowest BCUT2D eigenvalue weighted by atomic mass is 9.92. The van der Waals surface area contributed by atoms with Gasteiger partial charge in [0.15, 0.2) is 0 Å². The Balaban J connectivity index is 3.21. The van der Waals surface area contributed by atoms with E-state index in [-0.39, 0.29) is 6.32 Å². The molecule has 0 aliphatic heterocycles. The number of hydrogen-bond acceptors (Lipinski definition) is 4. The summed E-state index contributed by atoms with van der Waals surface area (Å²) in [7, 11) is -1.12. The Labute approximate surface area is 135 Å². The molecular formula is C12H10BF5O5S. The summed E-state index contributed by atoms with van der Waals surface area (Å²) in [5, 5.41) is -5.77. The van der Waals surface area contributed by atoms with Gasteiger partial charge in [-0.15, -0.1) is 0 Å². The standard InChI is InChI=1S/C12H10BF5O5S/c1-6-4-7(2-3-8(6)5-13)9(19)23-10(11(14,15)16)12(17,18)24(20,21)22/h2-4,10H,5H2,1H3,(H,20,21,22). The predicted octanol–water partition coefficient (Wildman–Crippen LogP) is 2.23. The fraction of sp³-hybridized carbons (Fsp3) is 0.417. The van der Waals surface area contributed by atoms with Gasteiger partial charge in [-0.05, 0) is 24.6 Å². The van der Waals surface area contributed by atoms with E-state index < -0.39 is 39.2 Å². The summed E-state index contributed by atoms with van der Waals surface area (Å²) in [6.07, 6.45) is -10.3. The number of alkyl halides is 5. The fourth-order valence-corrected chi connectivity index (χ4v) is 2.14. The summed E-state index contributed by atoms with van der Waals surface area (Å²) in [5.41, 5.74) is 0.407. The lowest BCUT2D eigenvalue weighted by Crippen LogP contribution is -2.52. The summed E-state index contributed by atoms with van der Waals surface area (Å²) in [5.74, 6) is -1.84. The first-order chi connectivity index (χ1) is 10.7. The minimum absolute atomic E-state index is 0.0627. The Hall–Kier alpha value is -1.69. The van der Waals surface area contributed by atoms with Crippen LogP contribution in [0.3, 0.4) is 0 Å². The summed E-state index contributed by atoms with van der Waals surface area (Å²) < 4.78 is 97.6. The molecule has 24 heavy (non-hydrogen) atoms. The highest BCUT2D eigenvalue weighted by Crippen LogP contribution is 2.38. The van der Waals surface area contributed by atoms with Crippen LogP contribution in [0.2, 0.25) is 0 Å². The quantitative estimate of drug-likeness (QED) is 0.371. The van der Waals surface area contributed by atoms with E-state index in [4.69, 9.17) is 12.4 Å². The molecule has 0 aliphatic rings. The summed E-state index contributed by atoms with van der Waals surface area (Å²) >= 11 is 0. The maximum atomic E-state index is 13.3. The summed E-state index contributed by atoms with van der Waals surface area (Å²) in [6.45, 7) is 1.47. The van der Waals surface area contributed by atoms with E-state index in [1.165, 1.54) is 13.0 Å². The Morgan fingerprint density at radius 2 is 1.83 bits per heavy atom. The second kappa shape index (κ2) is 6.67. The van der Waals surface area contributed by atoms with Crippen molar-refractivity contribution in [1.29, 1.82) is 0 Å². The zero-order valence-corrected chi connectivity index (χ0v) is 12.8. The second-order valence-corrected chi connectivity index (χ2v) is 6.20. The highest BCUT2D eigenvalue weighted by atomic mass is 32.2. The van der Waals surface area contributed by atoms with Gasteiger partial charge in [0.05, 0.1) is 13.4 Å². The first kappa shape index (κ1) is 20.4. The molecule has 0 bridgehead atoms. The van der Waals surface area contributed by atoms with E-state index in [1.807, 2.05) is 0 Å². The Morgan fingerprint density at radius 3 is 2.21 bits per heavy atom. The van der Waals surface area contributed by atoms with Crippen LogP contribution in [-0.4, -0.2) is 44.3 Å². The van der Waals surface area contributed by atoms with Crippen LogP contribution in [0.4, 0.5) is 22.0 Å². The van der Waals surface area contributed by atoms with Crippen LogP contribution >= 0.6 is 0 Å². The number of carbonyl (C=O) groups is 1. The predicted molar refractivity (Wildman–Crippen MR) is 72.4 cm³/mol. The van der Waals surface area contributed by atoms with Crippen molar-refractivity contribution < 1.29 is 44.5 Å². The molecule has 5 nitrogen and oxygen atoms in total. The van der Waals surface area contributed by atoms with Crippen LogP contribution < -0.4 is 0 Å². The van der Waals surface area contributed by atoms with E-state index in [0.717, 1.165) is 12.1 Å². The molecule has 0 heterocycles. The van der Waals surface area contributed by atoms with Gasteiger partial charge in [-0.1, -0.05) is 17.9 Å². The van der Waals surface area contributed by atoms with Gasteiger partial charge in [0.25, 0.3) is 6.10 Å². The van der Waals surface area contributed by atoms with Gasteiger partial charge in [-0.3, -0.25) is 4.55 Å². The van der Waals surface area contributed by atoms with Crippen LogP contribution in [0.1, 0.15) is 21.5 Å². The minimum atomic E-state index is -6.48. The van der Waals surface area contributed by atoms with Crippen LogP contribution in [0.25, 0.3) is 0 Å². The second-order valence-electron chi connectivity index (χ2n) is 4.71. The molecule has 0 aromatic heterocycles. The maximum Gasteiger partial charge on any atom is 0.432 e. The van der Waals surface area contributed by atoms with Crippen molar-refractivity contribution in [2.24, 2.45) is 0 Å². The highest BCUT2D eigenvalue weighted by Gasteiger charge is 2.66. The van der Waals surface area contributed by atoms with Gasteiger partial charge in [-0.25, -0.2) is 4.79 Å². The molecular weight excluding hydrogens is 362 g/mol. The zero-order valence-electron chi connectivity index (χ0n) is 12.0. The number of carbonyl (C=O) groups excluding carboxylic acids is 1. The Bertz CT molecular complexity index is 732. The van der Waals surface area contributed by atoms with Gasteiger partial charge < -0.3 is 4.74 Å². The monoisotopic (exact) mass is 372 g/mol. The Morgan fingerprint density at radius 1 is 1.29 bits per heavy atom. The molecule has 0 saturated carbocycles. The van der Waals surface area contributed by atoms with E-state index in [0.29, 0.717) is 11.1 Å². The highest BCUT2D eigenvalue weighted by molar-refractivity contribution is 7.86. The minimum Gasteiger partial charge on any atom is -0.441 e. The average Bonchev–Trinajstić information content (AvgIpc) is 2.41. The third-order valence-corrected chi connectivity index (χ3v) is 3.87. The third-order valence-electron chi connectivity index (χ3n) is 2.97. The molecule has 1 aromatic rings. The first-order valence-electron chi connectivity index (χ1n) is 6.14. The van der Waals surface area contributed by atoms with Gasteiger partial charge >= 0.3 is 27.5 Å². The molecule has 12 heteroatoms. The van der Waals surface area contributed by atoms with Gasteiger partial charge in [0.1, 0.15) is 0 Å². The molecule has 0 fully saturated rings. The Kier molecular flexibility index (Phi) is 5.66. The van der Waals surface area contributed by atoms with Crippen molar-refractivity contribution in [2.75, 3.05) is 0 Å². The molecule has 1 unspecified atom stereocenters. The van der Waals surface area contributed by atoms with Crippen LogP contribution in [0.15, 0.2) is 18.2 Å². The number of aryl methyl sites for hydroxylation is 1. The van der Waals surface area contributed by atoms with Crippen molar-refractivity contribution in [3.63, 3.8) is 0 Å². The molecule has 2 radical (unpaired) electrons. The molecule has 1 rings (SSSR count). The maximum absolute atomic E-state index is 13.3. The van der Waals surface area contributed by atoms with Crippen LogP contribution in [-0.2, 0) is 21.2 Å². The molecule has 132 valence electrons. The smallest absolute Gasteiger partial charge is 0.432 e. The molecule has 0 amide bonds. The summed E-state index contributed by atoms with van der Waals surface area (Å²) in [4.78, 5) is 11.7.